The molecular formula is C12H18N2O3. The average Bonchev–Trinajstić information content (AvgIpc) is 2.67. The number of nitrogens with one attached hydrogen (secondary N) is 2. The van der Waals surface area contributed by atoms with Gasteiger partial charge in [0.1, 0.15) is 6.04 Å². The molecule has 1 aromatic rings. The van der Waals surface area contributed by atoms with Gasteiger partial charge in [0.2, 0.25) is 5.91 Å². The molecular weight excluding hydrogens is 220 g/mol. The van der Waals surface area contributed by atoms with E-state index in [0.29, 0.717) is 0 Å². The van der Waals surface area contributed by atoms with E-state index in [-0.39, 0.29) is 17.2 Å². The lowest BCUT2D eigenvalue weighted by Gasteiger charge is -2.23. The van der Waals surface area contributed by atoms with Crippen LogP contribution in [0.25, 0.3) is 0 Å². The lowest BCUT2D eigenvalue weighted by molar-refractivity contribution is -0.124. The van der Waals surface area contributed by atoms with Crippen LogP contribution in [0.3, 0.4) is 0 Å². The molecule has 0 aliphatic heterocycles. The molecule has 1 atom stereocenters. The topological polar surface area (TPSA) is 71.3 Å². The zero-order chi connectivity index (χ0) is 13.1. The minimum atomic E-state index is -0.605. The Morgan fingerprint density at radius 1 is 1.35 bits per heavy atom. The van der Waals surface area contributed by atoms with Gasteiger partial charge in [-0.05, 0) is 39.8 Å². The van der Waals surface area contributed by atoms with Crippen molar-refractivity contribution in [1.29, 1.82) is 0 Å². The molecule has 0 fully saturated rings. The van der Waals surface area contributed by atoms with Gasteiger partial charge in [-0.2, -0.15) is 0 Å². The van der Waals surface area contributed by atoms with Gasteiger partial charge in [0.15, 0.2) is 5.76 Å². The van der Waals surface area contributed by atoms with Crippen LogP contribution in [-0.2, 0) is 4.79 Å². The normalized spacial score (nSPS) is 12.9. The Labute approximate surface area is 101 Å². The summed E-state index contributed by atoms with van der Waals surface area (Å²) in [4.78, 5) is 23.3. The summed E-state index contributed by atoms with van der Waals surface area (Å²) in [6, 6.07) is 2.56. The first kappa shape index (κ1) is 13.3. The molecule has 0 unspecified atom stereocenters. The summed E-state index contributed by atoms with van der Waals surface area (Å²) in [7, 11) is 0. The molecule has 1 aromatic heterocycles. The van der Waals surface area contributed by atoms with Gasteiger partial charge in [-0.3, -0.25) is 9.59 Å². The smallest absolute Gasteiger partial charge is 0.287 e. The number of carbonyl (C=O) groups excluding carboxylic acids is 2. The molecule has 2 amide bonds. The second kappa shape index (κ2) is 5.03. The zero-order valence-electron chi connectivity index (χ0n) is 10.5. The molecule has 0 radical (unpaired) electrons. The van der Waals surface area contributed by atoms with Crippen molar-refractivity contribution >= 4 is 11.8 Å². The Morgan fingerprint density at radius 2 is 2.00 bits per heavy atom. The maximum absolute atomic E-state index is 11.7. The summed E-state index contributed by atoms with van der Waals surface area (Å²) in [5.41, 5.74) is -0.319. The van der Waals surface area contributed by atoms with E-state index >= 15 is 0 Å². The third kappa shape index (κ3) is 4.30. The number of amides is 2. The zero-order valence-corrected chi connectivity index (χ0v) is 10.5. The van der Waals surface area contributed by atoms with E-state index in [1.165, 1.54) is 6.26 Å². The van der Waals surface area contributed by atoms with E-state index in [1.54, 1.807) is 19.1 Å². The average molecular weight is 238 g/mol. The van der Waals surface area contributed by atoms with Gasteiger partial charge < -0.3 is 15.1 Å². The van der Waals surface area contributed by atoms with Crippen LogP contribution in [0.5, 0.6) is 0 Å². The molecule has 0 aliphatic carbocycles. The Hall–Kier alpha value is -1.78. The van der Waals surface area contributed by atoms with Crippen molar-refractivity contribution < 1.29 is 14.0 Å². The van der Waals surface area contributed by atoms with E-state index < -0.39 is 11.9 Å². The predicted molar refractivity (Wildman–Crippen MR) is 63.5 cm³/mol. The van der Waals surface area contributed by atoms with Crippen LogP contribution in [0.4, 0.5) is 0 Å². The summed E-state index contributed by atoms with van der Waals surface area (Å²) in [6.07, 6.45) is 1.41. The van der Waals surface area contributed by atoms with Gasteiger partial charge in [-0.1, -0.05) is 0 Å². The van der Waals surface area contributed by atoms with E-state index in [9.17, 15) is 9.59 Å². The van der Waals surface area contributed by atoms with Gasteiger partial charge in [-0.15, -0.1) is 0 Å². The monoisotopic (exact) mass is 238 g/mol. The molecule has 0 bridgehead atoms. The van der Waals surface area contributed by atoms with Gasteiger partial charge >= 0.3 is 0 Å². The summed E-state index contributed by atoms with van der Waals surface area (Å²) in [5.74, 6) is -0.427. The molecule has 5 heteroatoms. The third-order valence-corrected chi connectivity index (χ3v) is 1.98. The third-order valence-electron chi connectivity index (χ3n) is 1.98. The van der Waals surface area contributed by atoms with E-state index in [2.05, 4.69) is 10.6 Å². The molecule has 1 rings (SSSR count). The van der Waals surface area contributed by atoms with Crippen LogP contribution in [0.1, 0.15) is 38.2 Å². The van der Waals surface area contributed by atoms with Crippen LogP contribution < -0.4 is 10.6 Å². The fourth-order valence-electron chi connectivity index (χ4n) is 1.22. The fraction of sp³-hybridized carbons (Fsp3) is 0.500. The minimum absolute atomic E-state index is 0.195. The Kier molecular flexibility index (Phi) is 3.93. The largest absolute Gasteiger partial charge is 0.459 e. The predicted octanol–water partition coefficient (Wildman–Crippen LogP) is 1.31. The highest BCUT2D eigenvalue weighted by Gasteiger charge is 2.21. The molecule has 0 aliphatic rings. The molecule has 94 valence electrons. The molecule has 2 N–H and O–H groups in total. The first-order valence-corrected chi connectivity index (χ1v) is 5.46. The van der Waals surface area contributed by atoms with Gasteiger partial charge in [0.25, 0.3) is 5.91 Å². The highest BCUT2D eigenvalue weighted by Crippen LogP contribution is 2.02. The number of hydrogen-bond acceptors (Lipinski definition) is 3. The molecule has 5 nitrogen and oxygen atoms in total. The summed E-state index contributed by atoms with van der Waals surface area (Å²) in [6.45, 7) is 7.27. The molecule has 0 saturated carbocycles. The van der Waals surface area contributed by atoms with Crippen molar-refractivity contribution in [2.45, 2.75) is 39.3 Å². The second-order valence-corrected chi connectivity index (χ2v) is 4.91. The molecule has 0 saturated heterocycles. The van der Waals surface area contributed by atoms with Crippen LogP contribution in [0.15, 0.2) is 22.8 Å². The standard InChI is InChI=1S/C12H18N2O3/c1-8(10(15)14-12(2,3)4)13-11(16)9-6-5-7-17-9/h5-8H,1-4H3,(H,13,16)(H,14,15)/t8-/m1/s1. The van der Waals surface area contributed by atoms with Crippen molar-refractivity contribution in [3.63, 3.8) is 0 Å². The van der Waals surface area contributed by atoms with Crippen molar-refractivity contribution in [1.82, 2.24) is 10.6 Å². The quantitative estimate of drug-likeness (QED) is 0.834. The van der Waals surface area contributed by atoms with Gasteiger partial charge in [0, 0.05) is 5.54 Å². The SMILES string of the molecule is C[C@@H](NC(=O)c1ccco1)C(=O)NC(C)(C)C. The highest BCUT2D eigenvalue weighted by molar-refractivity contribution is 5.95. The van der Waals surface area contributed by atoms with Crippen LogP contribution >= 0.6 is 0 Å². The maximum Gasteiger partial charge on any atom is 0.287 e. The Morgan fingerprint density at radius 3 is 2.47 bits per heavy atom. The van der Waals surface area contributed by atoms with E-state index in [0.717, 1.165) is 0 Å². The fourth-order valence-corrected chi connectivity index (χ4v) is 1.22. The highest BCUT2D eigenvalue weighted by atomic mass is 16.3. The van der Waals surface area contributed by atoms with E-state index in [1.807, 2.05) is 20.8 Å². The molecule has 17 heavy (non-hydrogen) atoms. The summed E-state index contributed by atoms with van der Waals surface area (Å²) in [5, 5.41) is 5.35. The van der Waals surface area contributed by atoms with E-state index in [4.69, 9.17) is 4.42 Å². The van der Waals surface area contributed by atoms with Crippen LogP contribution in [0.2, 0.25) is 0 Å². The number of hydrogen-bond donors (Lipinski definition) is 2. The number of carbonyl (C=O) groups is 2. The maximum atomic E-state index is 11.7. The van der Waals surface area contributed by atoms with Crippen molar-refractivity contribution in [3.05, 3.63) is 24.2 Å². The van der Waals surface area contributed by atoms with Crippen molar-refractivity contribution in [2.75, 3.05) is 0 Å². The van der Waals surface area contributed by atoms with Crippen molar-refractivity contribution in [3.8, 4) is 0 Å². The molecule has 0 aromatic carbocycles. The first-order chi connectivity index (χ1) is 7.79. The lowest BCUT2D eigenvalue weighted by atomic mass is 10.1. The lowest BCUT2D eigenvalue weighted by Crippen LogP contribution is -2.50. The van der Waals surface area contributed by atoms with Gasteiger partial charge in [-0.25, -0.2) is 0 Å². The molecule has 1 heterocycles. The van der Waals surface area contributed by atoms with Crippen molar-refractivity contribution in [2.24, 2.45) is 0 Å². The first-order valence-electron chi connectivity index (χ1n) is 5.46. The van der Waals surface area contributed by atoms with Crippen LogP contribution in [0, 0.1) is 0 Å². The van der Waals surface area contributed by atoms with Crippen LogP contribution in [-0.4, -0.2) is 23.4 Å². The Bertz CT molecular complexity index is 390. The van der Waals surface area contributed by atoms with Gasteiger partial charge in [0.05, 0.1) is 6.26 Å². The number of rotatable bonds is 3. The number of furan rings is 1. The minimum Gasteiger partial charge on any atom is -0.459 e. The Balaban J connectivity index is 2.52. The molecule has 0 spiro atoms. The second-order valence-electron chi connectivity index (χ2n) is 4.91. The summed E-state index contributed by atoms with van der Waals surface area (Å²) < 4.78 is 4.93. The summed E-state index contributed by atoms with van der Waals surface area (Å²) >= 11 is 0.